The maximum atomic E-state index is 12.8. The average molecular weight is 492 g/mol. The van der Waals surface area contributed by atoms with Crippen molar-refractivity contribution in [2.24, 2.45) is 0 Å². The van der Waals surface area contributed by atoms with Crippen LogP contribution in [0.1, 0.15) is 35.7 Å². The van der Waals surface area contributed by atoms with Gasteiger partial charge in [-0.15, -0.1) is 0 Å². The molecule has 35 heavy (non-hydrogen) atoms. The predicted octanol–water partition coefficient (Wildman–Crippen LogP) is 4.89. The van der Waals surface area contributed by atoms with Crippen LogP contribution in [0.2, 0.25) is 0 Å². The molecular weight excluding hydrogens is 462 g/mol. The summed E-state index contributed by atoms with van der Waals surface area (Å²) in [6, 6.07) is 17.7. The van der Waals surface area contributed by atoms with E-state index in [9.17, 15) is 18.3 Å². The topological polar surface area (TPSA) is 92.7 Å². The Bertz CT molecular complexity index is 1440. The number of amides is 1. The first-order valence-electron chi connectivity index (χ1n) is 11.4. The SMILES string of the molecule is COC1(C)CC=C(c2ccc(S(C)(=O)=O)cc2)C=C1CCNC(=O)c1cc2ccccc2cc1O. The molecule has 1 atom stereocenters. The van der Waals surface area contributed by atoms with Crippen molar-refractivity contribution in [2.75, 3.05) is 19.9 Å². The van der Waals surface area contributed by atoms with Crippen LogP contribution in [0.5, 0.6) is 5.75 Å². The van der Waals surface area contributed by atoms with Crippen molar-refractivity contribution >= 4 is 32.1 Å². The molecule has 3 aromatic carbocycles. The lowest BCUT2D eigenvalue weighted by Gasteiger charge is -2.34. The first-order chi connectivity index (χ1) is 16.6. The smallest absolute Gasteiger partial charge is 0.255 e. The van der Waals surface area contributed by atoms with Crippen LogP contribution in [0.15, 0.2) is 83.3 Å². The number of rotatable bonds is 7. The molecule has 0 saturated heterocycles. The molecule has 4 rings (SSSR count). The standard InChI is InChI=1S/C28H29NO5S/c1-28(34-2)14-12-22(19-8-10-24(11-9-19)35(3,32)33)16-23(28)13-15-29-27(31)25-17-20-6-4-5-7-21(20)18-26(25)30/h4-12,16-18,30H,13-15H2,1-3H3,(H,29,31). The van der Waals surface area contributed by atoms with E-state index in [4.69, 9.17) is 4.74 Å². The van der Waals surface area contributed by atoms with Gasteiger partial charge in [-0.1, -0.05) is 48.6 Å². The number of sulfone groups is 1. The Balaban J connectivity index is 1.49. The number of carbonyl (C=O) groups excluding carboxylic acids is 1. The minimum absolute atomic E-state index is 0.0532. The van der Waals surface area contributed by atoms with Gasteiger partial charge in [-0.2, -0.15) is 0 Å². The van der Waals surface area contributed by atoms with Crippen LogP contribution in [-0.2, 0) is 14.6 Å². The van der Waals surface area contributed by atoms with Gasteiger partial charge in [0.15, 0.2) is 9.84 Å². The zero-order chi connectivity index (χ0) is 25.2. The Labute approximate surface area is 205 Å². The molecule has 6 nitrogen and oxygen atoms in total. The van der Waals surface area contributed by atoms with E-state index < -0.39 is 15.4 Å². The Morgan fingerprint density at radius 2 is 1.74 bits per heavy atom. The van der Waals surface area contributed by atoms with E-state index in [-0.39, 0.29) is 22.1 Å². The summed E-state index contributed by atoms with van der Waals surface area (Å²) < 4.78 is 29.3. The van der Waals surface area contributed by atoms with Crippen LogP contribution in [0.4, 0.5) is 0 Å². The van der Waals surface area contributed by atoms with Gasteiger partial charge in [-0.25, -0.2) is 8.42 Å². The molecule has 0 radical (unpaired) electrons. The van der Waals surface area contributed by atoms with Gasteiger partial charge in [0, 0.05) is 19.9 Å². The third-order valence-corrected chi connectivity index (χ3v) is 7.70. The molecule has 1 unspecified atom stereocenters. The number of hydrogen-bond donors (Lipinski definition) is 2. The second kappa shape index (κ2) is 9.68. The van der Waals surface area contributed by atoms with Crippen LogP contribution >= 0.6 is 0 Å². The summed E-state index contributed by atoms with van der Waals surface area (Å²) in [5.74, 6) is -0.390. The van der Waals surface area contributed by atoms with Gasteiger partial charge in [-0.05, 0) is 71.5 Å². The minimum Gasteiger partial charge on any atom is -0.507 e. The highest BCUT2D eigenvalue weighted by Crippen LogP contribution is 2.36. The molecule has 0 aliphatic heterocycles. The molecule has 3 aromatic rings. The molecule has 0 spiro atoms. The fourth-order valence-electron chi connectivity index (χ4n) is 4.30. The van der Waals surface area contributed by atoms with Gasteiger partial charge >= 0.3 is 0 Å². The number of ether oxygens (including phenoxy) is 1. The van der Waals surface area contributed by atoms with E-state index in [1.807, 2.05) is 37.3 Å². The molecule has 1 aliphatic rings. The fraction of sp³-hybridized carbons (Fsp3) is 0.250. The molecule has 7 heteroatoms. The Hall–Kier alpha value is -3.42. The number of aromatic hydroxyl groups is 1. The van der Waals surface area contributed by atoms with E-state index in [2.05, 4.69) is 11.4 Å². The highest BCUT2D eigenvalue weighted by molar-refractivity contribution is 7.90. The van der Waals surface area contributed by atoms with E-state index in [1.165, 1.54) is 6.26 Å². The number of carbonyl (C=O) groups is 1. The predicted molar refractivity (Wildman–Crippen MR) is 138 cm³/mol. The first kappa shape index (κ1) is 24.7. The number of benzene rings is 3. The largest absolute Gasteiger partial charge is 0.507 e. The van der Waals surface area contributed by atoms with Crippen LogP contribution < -0.4 is 5.32 Å². The summed E-state index contributed by atoms with van der Waals surface area (Å²) in [6.07, 6.45) is 6.52. The van der Waals surface area contributed by atoms with E-state index in [1.54, 1.807) is 43.5 Å². The molecule has 2 N–H and O–H groups in total. The normalized spacial score (nSPS) is 18.1. The Morgan fingerprint density at radius 1 is 1.09 bits per heavy atom. The van der Waals surface area contributed by atoms with Gasteiger partial charge in [0.25, 0.3) is 5.91 Å². The molecule has 0 heterocycles. The lowest BCUT2D eigenvalue weighted by Crippen LogP contribution is -2.34. The zero-order valence-electron chi connectivity index (χ0n) is 20.0. The first-order valence-corrected chi connectivity index (χ1v) is 13.3. The van der Waals surface area contributed by atoms with E-state index in [0.717, 1.165) is 27.5 Å². The number of nitrogens with one attached hydrogen (secondary N) is 1. The van der Waals surface area contributed by atoms with Gasteiger partial charge in [0.1, 0.15) is 5.75 Å². The van der Waals surface area contributed by atoms with Crippen LogP contribution in [0, 0.1) is 0 Å². The van der Waals surface area contributed by atoms with Crippen LogP contribution in [0.25, 0.3) is 16.3 Å². The number of allylic oxidation sites excluding steroid dienone is 2. The molecular formula is C28H29NO5S. The third kappa shape index (κ3) is 5.31. The molecule has 0 bridgehead atoms. The summed E-state index contributed by atoms with van der Waals surface area (Å²) in [7, 11) is -1.59. The van der Waals surface area contributed by atoms with Crippen molar-refractivity contribution in [1.82, 2.24) is 5.32 Å². The third-order valence-electron chi connectivity index (χ3n) is 6.58. The van der Waals surface area contributed by atoms with Gasteiger partial charge in [-0.3, -0.25) is 4.79 Å². The maximum absolute atomic E-state index is 12.8. The van der Waals surface area contributed by atoms with E-state index >= 15 is 0 Å². The minimum atomic E-state index is -3.25. The number of phenolic OH excluding ortho intramolecular Hbond substituents is 1. The lowest BCUT2D eigenvalue weighted by molar-refractivity contribution is 0.0372. The number of fused-ring (bicyclic) bond motifs is 1. The number of methoxy groups -OCH3 is 1. The van der Waals surface area contributed by atoms with Gasteiger partial charge < -0.3 is 15.2 Å². The van der Waals surface area contributed by atoms with Gasteiger partial charge in [0.05, 0.1) is 16.1 Å². The zero-order valence-corrected chi connectivity index (χ0v) is 20.9. The van der Waals surface area contributed by atoms with Crippen molar-refractivity contribution in [1.29, 1.82) is 0 Å². The van der Waals surface area contributed by atoms with Crippen LogP contribution in [0.3, 0.4) is 0 Å². The van der Waals surface area contributed by atoms with Crippen molar-refractivity contribution in [3.63, 3.8) is 0 Å². The summed E-state index contributed by atoms with van der Waals surface area (Å²) >= 11 is 0. The summed E-state index contributed by atoms with van der Waals surface area (Å²) in [6.45, 7) is 2.38. The molecule has 1 aliphatic carbocycles. The summed E-state index contributed by atoms with van der Waals surface area (Å²) in [5, 5.41) is 15.0. The quantitative estimate of drug-likeness (QED) is 0.491. The Kier molecular flexibility index (Phi) is 6.83. The molecule has 0 saturated carbocycles. The summed E-state index contributed by atoms with van der Waals surface area (Å²) in [5.41, 5.74) is 2.65. The lowest BCUT2D eigenvalue weighted by atomic mass is 9.82. The van der Waals surface area contributed by atoms with Crippen LogP contribution in [-0.4, -0.2) is 44.9 Å². The summed E-state index contributed by atoms with van der Waals surface area (Å²) in [4.78, 5) is 13.1. The van der Waals surface area contributed by atoms with Crippen molar-refractivity contribution in [3.8, 4) is 5.75 Å². The highest BCUT2D eigenvalue weighted by Gasteiger charge is 2.30. The molecule has 0 fully saturated rings. The molecule has 0 aromatic heterocycles. The van der Waals surface area contributed by atoms with Crippen molar-refractivity contribution in [3.05, 3.63) is 89.5 Å². The van der Waals surface area contributed by atoms with Gasteiger partial charge in [0.2, 0.25) is 0 Å². The number of hydrogen-bond acceptors (Lipinski definition) is 5. The highest BCUT2D eigenvalue weighted by atomic mass is 32.2. The number of phenols is 1. The van der Waals surface area contributed by atoms with Crippen molar-refractivity contribution < 1.29 is 23.1 Å². The fourth-order valence-corrected chi connectivity index (χ4v) is 4.93. The molecule has 182 valence electrons. The Morgan fingerprint density at radius 3 is 2.37 bits per heavy atom. The van der Waals surface area contributed by atoms with Crippen molar-refractivity contribution in [2.45, 2.75) is 30.3 Å². The molecule has 1 amide bonds. The average Bonchev–Trinajstić information content (AvgIpc) is 2.84. The second-order valence-electron chi connectivity index (χ2n) is 8.99. The monoisotopic (exact) mass is 491 g/mol. The van der Waals surface area contributed by atoms with E-state index in [0.29, 0.717) is 19.4 Å². The maximum Gasteiger partial charge on any atom is 0.255 e. The second-order valence-corrected chi connectivity index (χ2v) is 11.0.